The molecule has 0 saturated heterocycles. The van der Waals surface area contributed by atoms with Gasteiger partial charge in [-0.15, -0.1) is 0 Å². The zero-order valence-corrected chi connectivity index (χ0v) is 8.25. The maximum absolute atomic E-state index is 12.5. The summed E-state index contributed by atoms with van der Waals surface area (Å²) in [6.45, 7) is 1.43. The van der Waals surface area contributed by atoms with Gasteiger partial charge < -0.3 is 10.5 Å². The highest BCUT2D eigenvalue weighted by Crippen LogP contribution is 2.30. The molecule has 0 unspecified atom stereocenters. The van der Waals surface area contributed by atoms with Crippen LogP contribution in [0.1, 0.15) is 28.0 Å². The van der Waals surface area contributed by atoms with Gasteiger partial charge in [0.15, 0.2) is 11.4 Å². The molecule has 6 heteroatoms. The number of nitrogens with zero attached hydrogens (tertiary/aromatic N) is 1. The maximum atomic E-state index is 12.5. The van der Waals surface area contributed by atoms with Gasteiger partial charge in [0.05, 0.1) is 7.11 Å². The molecule has 1 rings (SSSR count). The topological polar surface area (TPSA) is 65.2 Å². The summed E-state index contributed by atoms with van der Waals surface area (Å²) in [6.07, 6.45) is -1.73. The minimum absolute atomic E-state index is 0.000278. The van der Waals surface area contributed by atoms with Crippen LogP contribution in [-0.4, -0.2) is 18.0 Å². The van der Waals surface area contributed by atoms with E-state index in [0.717, 1.165) is 6.20 Å². The molecule has 0 aliphatic rings. The molecule has 0 bridgehead atoms. The van der Waals surface area contributed by atoms with Crippen molar-refractivity contribution in [2.75, 3.05) is 7.11 Å². The average Bonchev–Trinajstić information content (AvgIpc) is 2.16. The summed E-state index contributed by atoms with van der Waals surface area (Å²) in [5.74, 6) is -0.809. The molecule has 1 heterocycles. The summed E-state index contributed by atoms with van der Waals surface area (Å²) >= 11 is 0. The number of ether oxygens (including phenoxy) is 1. The van der Waals surface area contributed by atoms with E-state index in [2.05, 4.69) is 4.98 Å². The third kappa shape index (κ3) is 2.03. The number of hydrogen-bond acceptors (Lipinski definition) is 3. The van der Waals surface area contributed by atoms with E-state index in [-0.39, 0.29) is 22.6 Å². The van der Waals surface area contributed by atoms with E-state index in [1.807, 2.05) is 0 Å². The third-order valence-corrected chi connectivity index (χ3v) is 1.99. The highest BCUT2D eigenvalue weighted by molar-refractivity contribution is 5.94. The fourth-order valence-corrected chi connectivity index (χ4v) is 1.24. The maximum Gasteiger partial charge on any atom is 0.271 e. The lowest BCUT2D eigenvalue weighted by Gasteiger charge is -2.11. The second kappa shape index (κ2) is 4.20. The van der Waals surface area contributed by atoms with Crippen molar-refractivity contribution in [1.82, 2.24) is 4.98 Å². The molecule has 0 atom stereocenters. The van der Waals surface area contributed by atoms with Crippen LogP contribution in [0.3, 0.4) is 0 Å². The molecule has 0 aliphatic heterocycles. The standard InChI is InChI=1S/C9H10F2N2O2/c1-4-5(8(10)11)3-13-6(9(12)14)7(4)15-2/h3,8H,1-2H3,(H2,12,14). The lowest BCUT2D eigenvalue weighted by molar-refractivity contribution is 0.0991. The van der Waals surface area contributed by atoms with Crippen molar-refractivity contribution in [1.29, 1.82) is 0 Å². The van der Waals surface area contributed by atoms with E-state index < -0.39 is 12.3 Å². The van der Waals surface area contributed by atoms with Crippen LogP contribution in [-0.2, 0) is 0 Å². The summed E-state index contributed by atoms with van der Waals surface area (Å²) in [7, 11) is 1.27. The van der Waals surface area contributed by atoms with Crippen LogP contribution in [0.4, 0.5) is 8.78 Å². The first kappa shape index (κ1) is 11.4. The van der Waals surface area contributed by atoms with Gasteiger partial charge >= 0.3 is 0 Å². The Morgan fingerprint density at radius 1 is 1.60 bits per heavy atom. The van der Waals surface area contributed by atoms with Gasteiger partial charge in [0.2, 0.25) is 0 Å². The number of hydrogen-bond donors (Lipinski definition) is 1. The van der Waals surface area contributed by atoms with Crippen LogP contribution < -0.4 is 10.5 Å². The second-order valence-corrected chi connectivity index (χ2v) is 2.89. The van der Waals surface area contributed by atoms with Crippen LogP contribution in [0, 0.1) is 6.92 Å². The summed E-state index contributed by atoms with van der Waals surface area (Å²) < 4.78 is 29.8. The first-order valence-electron chi connectivity index (χ1n) is 4.10. The molecule has 1 aromatic heterocycles. The fraction of sp³-hybridized carbons (Fsp3) is 0.333. The summed E-state index contributed by atoms with van der Waals surface area (Å²) in [5, 5.41) is 0. The zero-order valence-electron chi connectivity index (χ0n) is 8.25. The van der Waals surface area contributed by atoms with Gasteiger partial charge in [-0.1, -0.05) is 0 Å². The van der Waals surface area contributed by atoms with E-state index in [1.54, 1.807) is 0 Å². The molecule has 4 nitrogen and oxygen atoms in total. The molecule has 0 aromatic carbocycles. The van der Waals surface area contributed by atoms with Crippen LogP contribution >= 0.6 is 0 Å². The molecule has 0 saturated carbocycles. The second-order valence-electron chi connectivity index (χ2n) is 2.89. The number of primary amides is 1. The number of aromatic nitrogens is 1. The van der Waals surface area contributed by atoms with Crippen molar-refractivity contribution in [2.24, 2.45) is 5.73 Å². The predicted octanol–water partition coefficient (Wildman–Crippen LogP) is 1.44. The van der Waals surface area contributed by atoms with Crippen molar-refractivity contribution < 1.29 is 18.3 Å². The summed E-state index contributed by atoms with van der Waals surface area (Å²) in [5.41, 5.74) is 4.79. The Balaban J connectivity index is 3.39. The van der Waals surface area contributed by atoms with Crippen LogP contribution in [0.25, 0.3) is 0 Å². The molecule has 0 fully saturated rings. The van der Waals surface area contributed by atoms with Gasteiger partial charge in [-0.2, -0.15) is 0 Å². The highest BCUT2D eigenvalue weighted by Gasteiger charge is 2.20. The van der Waals surface area contributed by atoms with E-state index in [1.165, 1.54) is 14.0 Å². The molecule has 0 radical (unpaired) electrons. The van der Waals surface area contributed by atoms with Crippen LogP contribution in [0.5, 0.6) is 5.75 Å². The minimum Gasteiger partial charge on any atom is -0.494 e. The molecule has 82 valence electrons. The molecular weight excluding hydrogens is 206 g/mol. The molecular formula is C9H10F2N2O2. The van der Waals surface area contributed by atoms with Crippen molar-refractivity contribution in [3.8, 4) is 5.75 Å². The van der Waals surface area contributed by atoms with Crippen molar-refractivity contribution in [2.45, 2.75) is 13.3 Å². The quantitative estimate of drug-likeness (QED) is 0.831. The smallest absolute Gasteiger partial charge is 0.271 e. The largest absolute Gasteiger partial charge is 0.494 e. The molecule has 0 aliphatic carbocycles. The van der Waals surface area contributed by atoms with Crippen molar-refractivity contribution >= 4 is 5.91 Å². The molecule has 15 heavy (non-hydrogen) atoms. The van der Waals surface area contributed by atoms with Gasteiger partial charge in [0.1, 0.15) is 0 Å². The fourth-order valence-electron chi connectivity index (χ4n) is 1.24. The average molecular weight is 216 g/mol. The Bertz CT molecular complexity index is 394. The summed E-state index contributed by atoms with van der Waals surface area (Å²) in [6, 6.07) is 0. The van der Waals surface area contributed by atoms with Gasteiger partial charge in [-0.3, -0.25) is 4.79 Å². The number of amides is 1. The minimum atomic E-state index is -2.66. The van der Waals surface area contributed by atoms with Crippen LogP contribution in [0.15, 0.2) is 6.20 Å². The SMILES string of the molecule is COc1c(C(N)=O)ncc(C(F)F)c1C. The first-order valence-corrected chi connectivity index (χ1v) is 4.10. The molecule has 1 aromatic rings. The number of rotatable bonds is 3. The number of nitrogens with two attached hydrogens (primary N) is 1. The normalized spacial score (nSPS) is 10.5. The Hall–Kier alpha value is -1.72. The number of carbonyl (C=O) groups excluding carboxylic acids is 1. The van der Waals surface area contributed by atoms with Gasteiger partial charge in [0.25, 0.3) is 12.3 Å². The summed E-state index contributed by atoms with van der Waals surface area (Å²) in [4.78, 5) is 14.5. The van der Waals surface area contributed by atoms with Gasteiger partial charge in [-0.05, 0) is 6.92 Å². The Labute approximate surface area is 85.1 Å². The lowest BCUT2D eigenvalue weighted by atomic mass is 10.1. The van der Waals surface area contributed by atoms with Crippen LogP contribution in [0.2, 0.25) is 0 Å². The Morgan fingerprint density at radius 3 is 2.60 bits per heavy atom. The van der Waals surface area contributed by atoms with Crippen molar-refractivity contribution in [3.05, 3.63) is 23.0 Å². The Morgan fingerprint density at radius 2 is 2.20 bits per heavy atom. The van der Waals surface area contributed by atoms with Gasteiger partial charge in [-0.25, -0.2) is 13.8 Å². The highest BCUT2D eigenvalue weighted by atomic mass is 19.3. The molecule has 0 spiro atoms. The number of carbonyl (C=O) groups is 1. The Kier molecular flexibility index (Phi) is 3.18. The van der Waals surface area contributed by atoms with E-state index in [9.17, 15) is 13.6 Å². The van der Waals surface area contributed by atoms with E-state index >= 15 is 0 Å². The number of methoxy groups -OCH3 is 1. The number of halogens is 2. The third-order valence-electron chi connectivity index (χ3n) is 1.99. The number of pyridine rings is 1. The predicted molar refractivity (Wildman–Crippen MR) is 49.0 cm³/mol. The molecule has 2 N–H and O–H groups in total. The van der Waals surface area contributed by atoms with E-state index in [4.69, 9.17) is 10.5 Å². The monoisotopic (exact) mass is 216 g/mol. The number of alkyl halides is 2. The zero-order chi connectivity index (χ0) is 11.6. The van der Waals surface area contributed by atoms with Crippen molar-refractivity contribution in [3.63, 3.8) is 0 Å². The first-order chi connectivity index (χ1) is 6.99. The van der Waals surface area contributed by atoms with Gasteiger partial charge in [0, 0.05) is 17.3 Å². The molecule has 1 amide bonds. The lowest BCUT2D eigenvalue weighted by Crippen LogP contribution is -2.16. The van der Waals surface area contributed by atoms with E-state index in [0.29, 0.717) is 0 Å².